The maximum Gasteiger partial charge on any atom is 0.135 e. The maximum absolute atomic E-state index is 4.64. The lowest BCUT2D eigenvalue weighted by atomic mass is 10.1. The van der Waals surface area contributed by atoms with Crippen LogP contribution in [-0.2, 0) is 0 Å². The zero-order valence-electron chi connectivity index (χ0n) is 7.62. The predicted molar refractivity (Wildman–Crippen MR) is 63.0 cm³/mol. The zero-order valence-corrected chi connectivity index (χ0v) is 9.25. The fraction of sp³-hybridized carbons (Fsp3) is 0.300. The molecule has 2 aromatic rings. The molecule has 0 bridgehead atoms. The zero-order chi connectivity index (χ0) is 9.38. The monoisotopic (exact) mass is 222 g/mol. The molecule has 0 radical (unpaired) electrons. The number of hydrogen-bond donors (Lipinski definition) is 1. The third-order valence-corrected chi connectivity index (χ3v) is 4.39. The third-order valence-electron chi connectivity index (χ3n) is 2.36. The van der Waals surface area contributed by atoms with Gasteiger partial charge in [0.1, 0.15) is 9.84 Å². The van der Waals surface area contributed by atoms with Crippen LogP contribution in [0.5, 0.6) is 0 Å². The van der Waals surface area contributed by atoms with Crippen LogP contribution in [0.15, 0.2) is 17.5 Å². The summed E-state index contributed by atoms with van der Waals surface area (Å²) in [6.07, 6.45) is 3.37. The topological polar surface area (TPSA) is 24.9 Å². The van der Waals surface area contributed by atoms with Crippen molar-refractivity contribution in [1.82, 2.24) is 10.3 Å². The van der Waals surface area contributed by atoms with E-state index < -0.39 is 0 Å². The SMILES string of the molecule is C1=C(c2nc3sccc3s2)CCNC1. The maximum atomic E-state index is 4.64. The Hall–Kier alpha value is -0.710. The van der Waals surface area contributed by atoms with Gasteiger partial charge in [0.25, 0.3) is 0 Å². The Kier molecular flexibility index (Phi) is 2.12. The van der Waals surface area contributed by atoms with E-state index in [0.717, 1.165) is 19.5 Å². The van der Waals surface area contributed by atoms with Crippen molar-refractivity contribution in [3.05, 3.63) is 22.5 Å². The number of thiophene rings is 1. The predicted octanol–water partition coefficient (Wildman–Crippen LogP) is 2.73. The normalized spacial score (nSPS) is 17.3. The molecule has 72 valence electrons. The van der Waals surface area contributed by atoms with Gasteiger partial charge in [0.15, 0.2) is 0 Å². The molecule has 2 nitrogen and oxygen atoms in total. The molecule has 0 aliphatic carbocycles. The molecule has 1 aliphatic heterocycles. The van der Waals surface area contributed by atoms with E-state index in [1.807, 2.05) is 11.3 Å². The highest BCUT2D eigenvalue weighted by molar-refractivity contribution is 7.26. The van der Waals surface area contributed by atoms with E-state index >= 15 is 0 Å². The molecule has 3 rings (SSSR count). The van der Waals surface area contributed by atoms with Crippen molar-refractivity contribution in [2.75, 3.05) is 13.1 Å². The number of hydrogen-bond acceptors (Lipinski definition) is 4. The first-order valence-corrected chi connectivity index (χ1v) is 6.37. The number of fused-ring (bicyclic) bond motifs is 1. The van der Waals surface area contributed by atoms with Crippen LogP contribution in [0.3, 0.4) is 0 Å². The largest absolute Gasteiger partial charge is 0.313 e. The Labute approximate surface area is 90.3 Å². The number of nitrogens with one attached hydrogen (secondary N) is 1. The van der Waals surface area contributed by atoms with Gasteiger partial charge in [0.2, 0.25) is 0 Å². The molecule has 0 saturated carbocycles. The minimum Gasteiger partial charge on any atom is -0.313 e. The molecule has 1 aliphatic rings. The van der Waals surface area contributed by atoms with Crippen molar-refractivity contribution in [2.45, 2.75) is 6.42 Å². The van der Waals surface area contributed by atoms with E-state index in [-0.39, 0.29) is 0 Å². The van der Waals surface area contributed by atoms with Crippen LogP contribution in [0.25, 0.3) is 15.1 Å². The van der Waals surface area contributed by atoms with E-state index in [9.17, 15) is 0 Å². The summed E-state index contributed by atoms with van der Waals surface area (Å²) in [5.74, 6) is 0. The summed E-state index contributed by atoms with van der Waals surface area (Å²) in [5.41, 5.74) is 1.41. The van der Waals surface area contributed by atoms with Crippen molar-refractivity contribution in [3.8, 4) is 0 Å². The van der Waals surface area contributed by atoms with Crippen LogP contribution < -0.4 is 5.32 Å². The highest BCUT2D eigenvalue weighted by Crippen LogP contribution is 2.31. The van der Waals surface area contributed by atoms with E-state index in [2.05, 4.69) is 27.8 Å². The van der Waals surface area contributed by atoms with Gasteiger partial charge in [-0.25, -0.2) is 4.98 Å². The summed E-state index contributed by atoms with van der Waals surface area (Å²) in [7, 11) is 0. The standard InChI is InChI=1S/C10H10N2S2/c1-4-11-5-2-7(1)9-12-10-8(14-9)3-6-13-10/h1,3,6,11H,2,4-5H2. The van der Waals surface area contributed by atoms with Gasteiger partial charge in [-0.1, -0.05) is 6.08 Å². The van der Waals surface area contributed by atoms with Gasteiger partial charge in [-0.2, -0.15) is 0 Å². The molecule has 0 atom stereocenters. The molecular formula is C10H10N2S2. The molecule has 14 heavy (non-hydrogen) atoms. The van der Waals surface area contributed by atoms with Gasteiger partial charge < -0.3 is 5.32 Å². The summed E-state index contributed by atoms with van der Waals surface area (Å²) in [6, 6.07) is 2.16. The van der Waals surface area contributed by atoms with E-state index in [0.29, 0.717) is 0 Å². The third kappa shape index (κ3) is 1.39. The van der Waals surface area contributed by atoms with E-state index in [1.54, 1.807) is 11.3 Å². The van der Waals surface area contributed by atoms with Gasteiger partial charge in [-0.15, -0.1) is 22.7 Å². The molecule has 0 amide bonds. The summed E-state index contributed by atoms with van der Waals surface area (Å²) in [6.45, 7) is 2.07. The van der Waals surface area contributed by atoms with Gasteiger partial charge in [-0.05, 0) is 30.0 Å². The van der Waals surface area contributed by atoms with Crippen molar-refractivity contribution in [3.63, 3.8) is 0 Å². The molecule has 0 unspecified atom stereocenters. The summed E-state index contributed by atoms with van der Waals surface area (Å²) in [4.78, 5) is 5.82. The van der Waals surface area contributed by atoms with Crippen LogP contribution in [0.2, 0.25) is 0 Å². The van der Waals surface area contributed by atoms with E-state index in [4.69, 9.17) is 0 Å². The molecule has 3 heterocycles. The van der Waals surface area contributed by atoms with Crippen LogP contribution >= 0.6 is 22.7 Å². The molecule has 0 fully saturated rings. The second-order valence-corrected chi connectivity index (χ2v) is 5.22. The molecule has 0 aromatic carbocycles. The second kappa shape index (κ2) is 3.46. The lowest BCUT2D eigenvalue weighted by Crippen LogP contribution is -2.19. The van der Waals surface area contributed by atoms with Crippen LogP contribution in [0.1, 0.15) is 11.4 Å². The van der Waals surface area contributed by atoms with Gasteiger partial charge >= 0.3 is 0 Å². The Balaban J connectivity index is 2.04. The summed E-state index contributed by atoms with van der Waals surface area (Å²) in [5, 5.41) is 6.64. The number of aromatic nitrogens is 1. The minimum atomic E-state index is 0.989. The fourth-order valence-corrected chi connectivity index (χ4v) is 3.63. The Bertz CT molecular complexity index is 452. The molecule has 1 N–H and O–H groups in total. The first-order chi connectivity index (χ1) is 6.93. The highest BCUT2D eigenvalue weighted by atomic mass is 32.1. The lowest BCUT2D eigenvalue weighted by molar-refractivity contribution is 0.738. The summed E-state index contributed by atoms with van der Waals surface area (Å²) < 4.78 is 1.32. The average molecular weight is 222 g/mol. The number of thiazole rings is 1. The van der Waals surface area contributed by atoms with E-state index in [1.165, 1.54) is 20.1 Å². The van der Waals surface area contributed by atoms with Crippen LogP contribution in [-0.4, -0.2) is 18.1 Å². The molecular weight excluding hydrogens is 212 g/mol. The Morgan fingerprint density at radius 3 is 3.21 bits per heavy atom. The van der Waals surface area contributed by atoms with Crippen LogP contribution in [0.4, 0.5) is 0 Å². The van der Waals surface area contributed by atoms with Crippen molar-refractivity contribution in [2.24, 2.45) is 0 Å². The second-order valence-electron chi connectivity index (χ2n) is 3.29. The van der Waals surface area contributed by atoms with Gasteiger partial charge in [0.05, 0.1) is 4.70 Å². The minimum absolute atomic E-state index is 0.989. The quantitative estimate of drug-likeness (QED) is 0.802. The molecule has 4 heteroatoms. The highest BCUT2D eigenvalue weighted by Gasteiger charge is 2.11. The number of rotatable bonds is 1. The first-order valence-electron chi connectivity index (χ1n) is 4.67. The Morgan fingerprint density at radius 2 is 2.43 bits per heavy atom. The van der Waals surface area contributed by atoms with Gasteiger partial charge in [0, 0.05) is 6.54 Å². The van der Waals surface area contributed by atoms with Crippen molar-refractivity contribution in [1.29, 1.82) is 0 Å². The average Bonchev–Trinajstić information content (AvgIpc) is 2.78. The summed E-state index contributed by atoms with van der Waals surface area (Å²) >= 11 is 3.54. The van der Waals surface area contributed by atoms with Crippen LogP contribution in [0, 0.1) is 0 Å². The Morgan fingerprint density at radius 1 is 1.43 bits per heavy atom. The lowest BCUT2D eigenvalue weighted by Gasteiger charge is -2.10. The molecule has 0 saturated heterocycles. The van der Waals surface area contributed by atoms with Crippen molar-refractivity contribution >= 4 is 37.8 Å². The molecule has 2 aromatic heterocycles. The fourth-order valence-electron chi connectivity index (χ4n) is 1.62. The van der Waals surface area contributed by atoms with Gasteiger partial charge in [-0.3, -0.25) is 0 Å². The smallest absolute Gasteiger partial charge is 0.135 e. The molecule has 0 spiro atoms. The van der Waals surface area contributed by atoms with Crippen molar-refractivity contribution < 1.29 is 0 Å². The first kappa shape index (κ1) is 8.59. The number of nitrogens with zero attached hydrogens (tertiary/aromatic N) is 1.